The standard InChI is InChI=1S/C21H25N3O5S/c1-2-27-18(25)16-17(24-19(22)30-16)29-15-10-21(11-15)8-14(9-21)23-20(26)28-12-13-6-4-3-5-7-13/h3-7,14-15H,2,8-12H2,1H3,(H2,22,24)(H,23,26). The minimum absolute atomic E-state index is 0.00865. The highest BCUT2D eigenvalue weighted by Crippen LogP contribution is 2.57. The zero-order valence-electron chi connectivity index (χ0n) is 16.8. The first-order valence-electron chi connectivity index (χ1n) is 10.0. The van der Waals surface area contributed by atoms with Crippen LogP contribution in [0.2, 0.25) is 0 Å². The summed E-state index contributed by atoms with van der Waals surface area (Å²) in [6.45, 7) is 2.29. The van der Waals surface area contributed by atoms with Crippen LogP contribution in [0.5, 0.6) is 5.88 Å². The van der Waals surface area contributed by atoms with Crippen LogP contribution in [0.15, 0.2) is 30.3 Å². The van der Waals surface area contributed by atoms with E-state index in [1.165, 1.54) is 0 Å². The fraction of sp³-hybridized carbons (Fsp3) is 0.476. The molecule has 0 radical (unpaired) electrons. The lowest BCUT2D eigenvalue weighted by atomic mass is 9.53. The number of nitrogens with one attached hydrogen (secondary N) is 1. The van der Waals surface area contributed by atoms with Crippen LogP contribution in [0.3, 0.4) is 0 Å². The van der Waals surface area contributed by atoms with Crippen molar-refractivity contribution >= 4 is 28.5 Å². The maximum atomic E-state index is 12.0. The van der Waals surface area contributed by atoms with E-state index in [-0.39, 0.29) is 47.9 Å². The monoisotopic (exact) mass is 431 g/mol. The number of alkyl carbamates (subject to hydrolysis) is 1. The summed E-state index contributed by atoms with van der Waals surface area (Å²) in [5, 5.41) is 3.21. The van der Waals surface area contributed by atoms with Gasteiger partial charge in [-0.2, -0.15) is 4.98 Å². The van der Waals surface area contributed by atoms with Crippen LogP contribution in [-0.2, 0) is 16.1 Å². The SMILES string of the molecule is CCOC(=O)c1sc(N)nc1OC1CC2(CC(NC(=O)OCc3ccccc3)C2)C1. The molecule has 2 fully saturated rings. The van der Waals surface area contributed by atoms with Gasteiger partial charge >= 0.3 is 12.1 Å². The Morgan fingerprint density at radius 3 is 2.63 bits per heavy atom. The highest BCUT2D eigenvalue weighted by Gasteiger charge is 2.54. The number of amides is 1. The van der Waals surface area contributed by atoms with Gasteiger partial charge in [0.25, 0.3) is 0 Å². The Hall–Kier alpha value is -2.81. The lowest BCUT2D eigenvalue weighted by molar-refractivity contribution is -0.0856. The molecule has 30 heavy (non-hydrogen) atoms. The first kappa shape index (κ1) is 20.5. The predicted octanol–water partition coefficient (Wildman–Crippen LogP) is 3.52. The number of aromatic nitrogens is 1. The van der Waals surface area contributed by atoms with Crippen molar-refractivity contribution in [1.29, 1.82) is 0 Å². The fourth-order valence-corrected chi connectivity index (χ4v) is 4.89. The maximum Gasteiger partial charge on any atom is 0.407 e. The number of carbonyl (C=O) groups is 2. The molecule has 2 aromatic rings. The molecular formula is C21H25N3O5S. The van der Waals surface area contributed by atoms with Gasteiger partial charge < -0.3 is 25.3 Å². The van der Waals surface area contributed by atoms with Gasteiger partial charge in [-0.15, -0.1) is 0 Å². The number of anilines is 1. The largest absolute Gasteiger partial charge is 0.473 e. The summed E-state index contributed by atoms with van der Waals surface area (Å²) in [6, 6.07) is 9.72. The van der Waals surface area contributed by atoms with Crippen molar-refractivity contribution in [3.63, 3.8) is 0 Å². The molecule has 0 bridgehead atoms. The molecule has 1 aromatic carbocycles. The zero-order valence-corrected chi connectivity index (χ0v) is 17.6. The Kier molecular flexibility index (Phi) is 5.80. The maximum absolute atomic E-state index is 12.0. The number of nitrogens with zero attached hydrogens (tertiary/aromatic N) is 1. The Labute approximate surface area is 178 Å². The van der Waals surface area contributed by atoms with E-state index in [0.717, 1.165) is 42.6 Å². The second kappa shape index (κ2) is 8.51. The molecule has 1 aromatic heterocycles. The van der Waals surface area contributed by atoms with Crippen molar-refractivity contribution in [3.05, 3.63) is 40.8 Å². The molecule has 2 saturated carbocycles. The van der Waals surface area contributed by atoms with Crippen molar-refractivity contribution in [2.75, 3.05) is 12.3 Å². The summed E-state index contributed by atoms with van der Waals surface area (Å²) in [5.41, 5.74) is 6.88. The third-order valence-electron chi connectivity index (χ3n) is 5.57. The zero-order chi connectivity index (χ0) is 21.1. The van der Waals surface area contributed by atoms with Crippen LogP contribution in [0.4, 0.5) is 9.93 Å². The normalized spacial score (nSPS) is 24.4. The number of hydrogen-bond donors (Lipinski definition) is 2. The van der Waals surface area contributed by atoms with Crippen LogP contribution in [-0.4, -0.2) is 35.8 Å². The van der Waals surface area contributed by atoms with E-state index in [1.807, 2.05) is 30.3 Å². The van der Waals surface area contributed by atoms with E-state index < -0.39 is 5.97 Å². The van der Waals surface area contributed by atoms with E-state index in [1.54, 1.807) is 6.92 Å². The summed E-state index contributed by atoms with van der Waals surface area (Å²) in [7, 11) is 0. The summed E-state index contributed by atoms with van der Waals surface area (Å²) in [5.74, 6) is -0.202. The lowest BCUT2D eigenvalue weighted by Crippen LogP contribution is -2.58. The van der Waals surface area contributed by atoms with Gasteiger partial charge in [-0.25, -0.2) is 9.59 Å². The van der Waals surface area contributed by atoms with Gasteiger partial charge in [0.15, 0.2) is 10.0 Å². The average molecular weight is 432 g/mol. The number of esters is 1. The number of hydrogen-bond acceptors (Lipinski definition) is 8. The summed E-state index contributed by atoms with van der Waals surface area (Å²) < 4.78 is 16.2. The Balaban J connectivity index is 1.19. The quantitative estimate of drug-likeness (QED) is 0.645. The first-order valence-corrected chi connectivity index (χ1v) is 10.9. The topological polar surface area (TPSA) is 113 Å². The molecule has 0 saturated heterocycles. The molecule has 1 amide bonds. The fourth-order valence-electron chi connectivity index (χ4n) is 4.23. The lowest BCUT2D eigenvalue weighted by Gasteiger charge is -2.56. The van der Waals surface area contributed by atoms with Gasteiger partial charge in [0.05, 0.1) is 6.61 Å². The number of nitrogen functional groups attached to an aromatic ring is 1. The van der Waals surface area contributed by atoms with Gasteiger partial charge in [-0.3, -0.25) is 0 Å². The van der Waals surface area contributed by atoms with E-state index in [9.17, 15) is 9.59 Å². The third-order valence-corrected chi connectivity index (χ3v) is 6.41. The summed E-state index contributed by atoms with van der Waals surface area (Å²) in [4.78, 5) is 28.4. The molecule has 8 nitrogen and oxygen atoms in total. The molecule has 0 aliphatic heterocycles. The molecule has 160 valence electrons. The van der Waals surface area contributed by atoms with E-state index in [0.29, 0.717) is 4.88 Å². The second-order valence-corrected chi connectivity index (χ2v) is 8.90. The Bertz CT molecular complexity index is 903. The molecule has 1 spiro atoms. The first-order chi connectivity index (χ1) is 14.5. The predicted molar refractivity (Wildman–Crippen MR) is 111 cm³/mol. The molecule has 2 aliphatic rings. The summed E-state index contributed by atoms with van der Waals surface area (Å²) in [6.07, 6.45) is 3.14. The smallest absolute Gasteiger partial charge is 0.407 e. The van der Waals surface area contributed by atoms with E-state index in [2.05, 4.69) is 10.3 Å². The van der Waals surface area contributed by atoms with Crippen LogP contribution >= 0.6 is 11.3 Å². The minimum Gasteiger partial charge on any atom is -0.473 e. The van der Waals surface area contributed by atoms with Crippen LogP contribution in [0.1, 0.15) is 47.8 Å². The van der Waals surface area contributed by atoms with E-state index >= 15 is 0 Å². The molecule has 1 heterocycles. The van der Waals surface area contributed by atoms with Gasteiger partial charge in [-0.05, 0) is 43.6 Å². The minimum atomic E-state index is -0.460. The van der Waals surface area contributed by atoms with Crippen molar-refractivity contribution in [3.8, 4) is 5.88 Å². The molecule has 0 atom stereocenters. The average Bonchev–Trinajstić information content (AvgIpc) is 3.04. The third kappa shape index (κ3) is 4.51. The Morgan fingerprint density at radius 2 is 1.93 bits per heavy atom. The Morgan fingerprint density at radius 1 is 1.20 bits per heavy atom. The number of nitrogens with two attached hydrogens (primary N) is 1. The number of ether oxygens (including phenoxy) is 3. The van der Waals surface area contributed by atoms with Crippen molar-refractivity contribution < 1.29 is 23.8 Å². The van der Waals surface area contributed by atoms with Crippen molar-refractivity contribution in [2.24, 2.45) is 5.41 Å². The van der Waals surface area contributed by atoms with Crippen LogP contribution in [0.25, 0.3) is 0 Å². The number of benzene rings is 1. The van der Waals surface area contributed by atoms with Gasteiger partial charge in [0.2, 0.25) is 5.88 Å². The number of carbonyl (C=O) groups excluding carboxylic acids is 2. The molecule has 0 unspecified atom stereocenters. The van der Waals surface area contributed by atoms with E-state index in [4.69, 9.17) is 19.9 Å². The van der Waals surface area contributed by atoms with Gasteiger partial charge in [0, 0.05) is 6.04 Å². The molecule has 9 heteroatoms. The number of thiazole rings is 1. The van der Waals surface area contributed by atoms with Gasteiger partial charge in [-0.1, -0.05) is 41.7 Å². The van der Waals surface area contributed by atoms with Gasteiger partial charge in [0.1, 0.15) is 12.7 Å². The highest BCUT2D eigenvalue weighted by molar-refractivity contribution is 7.17. The second-order valence-electron chi connectivity index (χ2n) is 7.87. The number of rotatable bonds is 7. The molecule has 4 rings (SSSR count). The van der Waals surface area contributed by atoms with Crippen LogP contribution < -0.4 is 15.8 Å². The molecular weight excluding hydrogens is 406 g/mol. The highest BCUT2D eigenvalue weighted by atomic mass is 32.1. The summed E-state index contributed by atoms with van der Waals surface area (Å²) >= 11 is 1.07. The molecule has 2 aliphatic carbocycles. The molecule has 3 N–H and O–H groups in total. The van der Waals surface area contributed by atoms with Crippen LogP contribution in [0, 0.1) is 5.41 Å². The van der Waals surface area contributed by atoms with Crippen molar-refractivity contribution in [2.45, 2.75) is 51.4 Å². The van der Waals surface area contributed by atoms with Crippen molar-refractivity contribution in [1.82, 2.24) is 10.3 Å².